The maximum absolute atomic E-state index is 5.31. The first-order valence-corrected chi connectivity index (χ1v) is 5.84. The molecule has 0 spiro atoms. The van der Waals surface area contributed by atoms with Gasteiger partial charge in [0.15, 0.2) is 0 Å². The van der Waals surface area contributed by atoms with E-state index >= 15 is 0 Å². The van der Waals surface area contributed by atoms with Crippen LogP contribution in [0.15, 0.2) is 0 Å². The lowest BCUT2D eigenvalue weighted by atomic mass is 10.2. The quantitative estimate of drug-likeness (QED) is 0.749. The standard InChI is InChI=1S/C12H21N3O/c1-5-10-9(3)12(13-4)15-11(14-10)7-8-16-6-2/h5-8H2,1-4H3,(H,13,14,15). The Morgan fingerprint density at radius 2 is 2.00 bits per heavy atom. The number of nitrogens with one attached hydrogen (secondary N) is 1. The van der Waals surface area contributed by atoms with Crippen molar-refractivity contribution in [2.24, 2.45) is 0 Å². The van der Waals surface area contributed by atoms with E-state index in [9.17, 15) is 0 Å². The highest BCUT2D eigenvalue weighted by atomic mass is 16.5. The van der Waals surface area contributed by atoms with Gasteiger partial charge in [0.1, 0.15) is 11.6 Å². The SMILES string of the molecule is CCOCCc1nc(CC)c(C)c(NC)n1. The zero-order valence-corrected chi connectivity index (χ0v) is 10.6. The molecule has 4 heteroatoms. The van der Waals surface area contributed by atoms with E-state index in [1.807, 2.05) is 14.0 Å². The summed E-state index contributed by atoms with van der Waals surface area (Å²) < 4.78 is 5.31. The molecule has 0 unspecified atom stereocenters. The molecule has 0 saturated carbocycles. The highest BCUT2D eigenvalue weighted by molar-refractivity contribution is 5.45. The fourth-order valence-electron chi connectivity index (χ4n) is 1.62. The summed E-state index contributed by atoms with van der Waals surface area (Å²) in [6.07, 6.45) is 1.71. The number of ether oxygens (including phenoxy) is 1. The molecule has 1 rings (SSSR count). The molecule has 1 aromatic rings. The number of rotatable bonds is 6. The summed E-state index contributed by atoms with van der Waals surface area (Å²) in [5, 5.41) is 3.11. The summed E-state index contributed by atoms with van der Waals surface area (Å²) in [6.45, 7) is 7.59. The zero-order valence-electron chi connectivity index (χ0n) is 10.6. The van der Waals surface area contributed by atoms with Gasteiger partial charge in [-0.15, -0.1) is 0 Å². The predicted octanol–water partition coefficient (Wildman–Crippen LogP) is 1.97. The Balaban J connectivity index is 2.84. The highest BCUT2D eigenvalue weighted by Gasteiger charge is 2.08. The van der Waals surface area contributed by atoms with Crippen LogP contribution in [0.5, 0.6) is 0 Å². The minimum absolute atomic E-state index is 0.686. The van der Waals surface area contributed by atoms with E-state index < -0.39 is 0 Å². The number of nitrogens with zero attached hydrogens (tertiary/aromatic N) is 2. The third-order valence-corrected chi connectivity index (χ3v) is 2.54. The average molecular weight is 223 g/mol. The van der Waals surface area contributed by atoms with Crippen LogP contribution in [0.3, 0.4) is 0 Å². The van der Waals surface area contributed by atoms with Gasteiger partial charge in [-0.25, -0.2) is 9.97 Å². The molecule has 0 amide bonds. The minimum Gasteiger partial charge on any atom is -0.381 e. The molecule has 1 N–H and O–H groups in total. The molecule has 1 aromatic heterocycles. The molecule has 0 aromatic carbocycles. The lowest BCUT2D eigenvalue weighted by Gasteiger charge is -2.11. The Labute approximate surface area is 97.5 Å². The van der Waals surface area contributed by atoms with Gasteiger partial charge < -0.3 is 10.1 Å². The van der Waals surface area contributed by atoms with Crippen LogP contribution in [0.2, 0.25) is 0 Å². The molecule has 0 aliphatic carbocycles. The van der Waals surface area contributed by atoms with E-state index in [-0.39, 0.29) is 0 Å². The van der Waals surface area contributed by atoms with Crippen LogP contribution in [-0.2, 0) is 17.6 Å². The molecule has 0 aliphatic rings. The fraction of sp³-hybridized carbons (Fsp3) is 0.667. The Morgan fingerprint density at radius 3 is 2.56 bits per heavy atom. The largest absolute Gasteiger partial charge is 0.381 e. The van der Waals surface area contributed by atoms with Gasteiger partial charge in [-0.1, -0.05) is 6.92 Å². The molecule has 0 bridgehead atoms. The molecule has 1 heterocycles. The van der Waals surface area contributed by atoms with E-state index in [0.717, 1.165) is 42.3 Å². The lowest BCUT2D eigenvalue weighted by molar-refractivity contribution is 0.149. The van der Waals surface area contributed by atoms with Crippen LogP contribution < -0.4 is 5.32 Å². The highest BCUT2D eigenvalue weighted by Crippen LogP contribution is 2.15. The first kappa shape index (κ1) is 12.9. The summed E-state index contributed by atoms with van der Waals surface area (Å²) in [7, 11) is 1.89. The Kier molecular flexibility index (Phi) is 5.19. The molecule has 4 nitrogen and oxygen atoms in total. The topological polar surface area (TPSA) is 47.0 Å². The Hall–Kier alpha value is -1.16. The maximum atomic E-state index is 5.31. The number of aromatic nitrogens is 2. The van der Waals surface area contributed by atoms with Crippen molar-refractivity contribution < 1.29 is 4.74 Å². The van der Waals surface area contributed by atoms with Crippen molar-refractivity contribution in [3.63, 3.8) is 0 Å². The van der Waals surface area contributed by atoms with Gasteiger partial charge in [0, 0.05) is 31.3 Å². The van der Waals surface area contributed by atoms with Crippen LogP contribution in [-0.4, -0.2) is 30.2 Å². The summed E-state index contributed by atoms with van der Waals surface area (Å²) in [5.41, 5.74) is 2.26. The number of anilines is 1. The van der Waals surface area contributed by atoms with Crippen LogP contribution in [0.1, 0.15) is 30.9 Å². The second-order valence-electron chi connectivity index (χ2n) is 3.61. The molecule has 0 atom stereocenters. The van der Waals surface area contributed by atoms with Crippen molar-refractivity contribution in [1.29, 1.82) is 0 Å². The third-order valence-electron chi connectivity index (χ3n) is 2.54. The van der Waals surface area contributed by atoms with E-state index in [4.69, 9.17) is 4.74 Å². The molecular formula is C12H21N3O. The molecule has 16 heavy (non-hydrogen) atoms. The summed E-state index contributed by atoms with van der Waals surface area (Å²) >= 11 is 0. The van der Waals surface area contributed by atoms with Crippen molar-refractivity contribution in [3.8, 4) is 0 Å². The van der Waals surface area contributed by atoms with E-state index in [0.29, 0.717) is 6.61 Å². The van der Waals surface area contributed by atoms with E-state index in [2.05, 4.69) is 29.1 Å². The average Bonchev–Trinajstić information content (AvgIpc) is 2.31. The second-order valence-corrected chi connectivity index (χ2v) is 3.61. The monoisotopic (exact) mass is 223 g/mol. The van der Waals surface area contributed by atoms with Crippen LogP contribution in [0.25, 0.3) is 0 Å². The first-order valence-electron chi connectivity index (χ1n) is 5.84. The van der Waals surface area contributed by atoms with Crippen LogP contribution in [0, 0.1) is 6.92 Å². The molecule has 90 valence electrons. The van der Waals surface area contributed by atoms with Crippen molar-refractivity contribution in [1.82, 2.24) is 9.97 Å². The predicted molar refractivity (Wildman–Crippen MR) is 65.9 cm³/mol. The van der Waals surface area contributed by atoms with Gasteiger partial charge in [0.25, 0.3) is 0 Å². The number of hydrogen-bond acceptors (Lipinski definition) is 4. The lowest BCUT2D eigenvalue weighted by Crippen LogP contribution is -2.09. The van der Waals surface area contributed by atoms with Crippen molar-refractivity contribution >= 4 is 5.82 Å². The summed E-state index contributed by atoms with van der Waals surface area (Å²) in [4.78, 5) is 9.01. The second kappa shape index (κ2) is 6.43. The van der Waals surface area contributed by atoms with Gasteiger partial charge in [0.05, 0.1) is 6.61 Å². The molecule has 0 radical (unpaired) electrons. The zero-order chi connectivity index (χ0) is 12.0. The minimum atomic E-state index is 0.686. The fourth-order valence-corrected chi connectivity index (χ4v) is 1.62. The normalized spacial score (nSPS) is 10.5. The Bertz CT molecular complexity index is 314. The van der Waals surface area contributed by atoms with Crippen molar-refractivity contribution in [2.45, 2.75) is 33.6 Å². The summed E-state index contributed by atoms with van der Waals surface area (Å²) in [5.74, 6) is 1.79. The number of hydrogen-bond donors (Lipinski definition) is 1. The molecule has 0 saturated heterocycles. The van der Waals surface area contributed by atoms with Gasteiger partial charge in [-0.05, 0) is 20.3 Å². The van der Waals surface area contributed by atoms with E-state index in [1.54, 1.807) is 0 Å². The number of aryl methyl sites for hydroxylation is 1. The first-order chi connectivity index (χ1) is 7.72. The maximum Gasteiger partial charge on any atom is 0.133 e. The third kappa shape index (κ3) is 3.17. The molecule has 0 aliphatic heterocycles. The molecular weight excluding hydrogens is 202 g/mol. The Morgan fingerprint density at radius 1 is 1.25 bits per heavy atom. The van der Waals surface area contributed by atoms with E-state index in [1.165, 1.54) is 0 Å². The van der Waals surface area contributed by atoms with Gasteiger partial charge >= 0.3 is 0 Å². The summed E-state index contributed by atoms with van der Waals surface area (Å²) in [6, 6.07) is 0. The van der Waals surface area contributed by atoms with Gasteiger partial charge in [-0.2, -0.15) is 0 Å². The molecule has 0 fully saturated rings. The van der Waals surface area contributed by atoms with Crippen molar-refractivity contribution in [3.05, 3.63) is 17.1 Å². The van der Waals surface area contributed by atoms with Crippen molar-refractivity contribution in [2.75, 3.05) is 25.6 Å². The van der Waals surface area contributed by atoms with Gasteiger partial charge in [-0.3, -0.25) is 0 Å². The van der Waals surface area contributed by atoms with Crippen LogP contribution in [0.4, 0.5) is 5.82 Å². The van der Waals surface area contributed by atoms with Crippen LogP contribution >= 0.6 is 0 Å². The van der Waals surface area contributed by atoms with Gasteiger partial charge in [0.2, 0.25) is 0 Å². The smallest absolute Gasteiger partial charge is 0.133 e.